The molecule has 4 heterocycles. The van der Waals surface area contributed by atoms with Gasteiger partial charge in [0.05, 0.1) is 11.9 Å². The van der Waals surface area contributed by atoms with Gasteiger partial charge in [0.1, 0.15) is 18.2 Å². The third kappa shape index (κ3) is 4.97. The van der Waals surface area contributed by atoms with Gasteiger partial charge in [-0.05, 0) is 52.4 Å². The van der Waals surface area contributed by atoms with Crippen molar-refractivity contribution in [3.05, 3.63) is 125 Å². The van der Waals surface area contributed by atoms with E-state index in [1.165, 1.54) is 23.3 Å². The Kier molecular flexibility index (Phi) is 6.62. The summed E-state index contributed by atoms with van der Waals surface area (Å²) in [5.74, 6) is -0.603. The van der Waals surface area contributed by atoms with Gasteiger partial charge in [-0.1, -0.05) is 41.9 Å². The van der Waals surface area contributed by atoms with Gasteiger partial charge in [0.25, 0.3) is 0 Å². The topological polar surface area (TPSA) is 127 Å². The number of benzene rings is 2. The number of nitrogens with zero attached hydrogens (tertiary/aromatic N) is 8. The van der Waals surface area contributed by atoms with Crippen molar-refractivity contribution in [2.45, 2.75) is 12.5 Å². The van der Waals surface area contributed by atoms with E-state index in [1.807, 2.05) is 36.4 Å². The van der Waals surface area contributed by atoms with Crippen LogP contribution in [-0.2, 0) is 6.42 Å². The van der Waals surface area contributed by atoms with Gasteiger partial charge in [0.2, 0.25) is 11.6 Å². The molecule has 1 atom stereocenters. The first-order chi connectivity index (χ1) is 19.5. The Labute approximate surface area is 232 Å². The molecule has 0 aliphatic rings. The van der Waals surface area contributed by atoms with Gasteiger partial charge < -0.3 is 10.9 Å². The number of hydrogen-bond donors (Lipinski definition) is 1. The van der Waals surface area contributed by atoms with Gasteiger partial charge in [-0.2, -0.15) is 18.9 Å². The maximum atomic E-state index is 14.5. The summed E-state index contributed by atoms with van der Waals surface area (Å²) in [6.07, 6.45) is 6.67. The standard InChI is InChI=1S/C28H21ClFN9O/c29-21-7-10-24(38-17-32-35-36-38)23(13-21)19-6-9-25(39(40)16-19)26(12-18-4-2-1-3-5-18)37-15-20(14-33-37)22-8-11-27(31)34-28(22)30/h1-11,13-17,26H,12H2,(H2,31,34). The zero-order valence-electron chi connectivity index (χ0n) is 20.8. The SMILES string of the molecule is Nc1ccc(-c2cnn(C(Cc3ccccc3)c3ccc(-c4cc(Cl)ccc4-n4cnnn4)c[n+]3[O-])c2)c(F)n1. The largest absolute Gasteiger partial charge is 0.618 e. The van der Waals surface area contributed by atoms with Crippen molar-refractivity contribution in [3.8, 4) is 27.9 Å². The summed E-state index contributed by atoms with van der Waals surface area (Å²) in [4.78, 5) is 3.71. The Morgan fingerprint density at radius 3 is 2.60 bits per heavy atom. The van der Waals surface area contributed by atoms with Crippen LogP contribution in [0.2, 0.25) is 5.02 Å². The van der Waals surface area contributed by atoms with Crippen molar-refractivity contribution in [3.63, 3.8) is 0 Å². The minimum Gasteiger partial charge on any atom is -0.618 e. The molecular weight excluding hydrogens is 533 g/mol. The molecule has 12 heteroatoms. The molecule has 6 aromatic rings. The molecule has 10 nitrogen and oxygen atoms in total. The van der Waals surface area contributed by atoms with Crippen LogP contribution in [0.4, 0.5) is 10.2 Å². The highest BCUT2D eigenvalue weighted by Crippen LogP contribution is 2.31. The maximum Gasteiger partial charge on any atom is 0.222 e. The molecule has 0 aliphatic heterocycles. The van der Waals surface area contributed by atoms with E-state index in [1.54, 1.807) is 47.4 Å². The van der Waals surface area contributed by atoms with Crippen LogP contribution in [0.3, 0.4) is 0 Å². The molecule has 0 saturated carbocycles. The number of nitrogens with two attached hydrogens (primary N) is 1. The molecular formula is C28H21ClFN9O. The minimum absolute atomic E-state index is 0.0889. The molecule has 2 aromatic carbocycles. The zero-order chi connectivity index (χ0) is 27.6. The summed E-state index contributed by atoms with van der Waals surface area (Å²) in [6.45, 7) is 0. The predicted octanol–water partition coefficient (Wildman–Crippen LogP) is 4.43. The molecule has 0 radical (unpaired) electrons. The first-order valence-corrected chi connectivity index (χ1v) is 12.6. The molecule has 0 amide bonds. The molecule has 0 fully saturated rings. The predicted molar refractivity (Wildman–Crippen MR) is 147 cm³/mol. The average molecular weight is 554 g/mol. The summed E-state index contributed by atoms with van der Waals surface area (Å²) < 4.78 is 18.5. The van der Waals surface area contributed by atoms with Crippen LogP contribution in [0.15, 0.2) is 97.7 Å². The fourth-order valence-electron chi connectivity index (χ4n) is 4.60. The van der Waals surface area contributed by atoms with E-state index in [2.05, 4.69) is 25.6 Å². The van der Waals surface area contributed by atoms with Crippen LogP contribution in [-0.4, -0.2) is 35.0 Å². The molecule has 1 unspecified atom stereocenters. The summed E-state index contributed by atoms with van der Waals surface area (Å²) >= 11 is 6.30. The number of nitrogen functional groups attached to an aromatic ring is 1. The van der Waals surface area contributed by atoms with E-state index in [0.717, 1.165) is 10.3 Å². The second-order valence-electron chi connectivity index (χ2n) is 9.07. The monoisotopic (exact) mass is 553 g/mol. The van der Waals surface area contributed by atoms with E-state index in [4.69, 9.17) is 17.3 Å². The van der Waals surface area contributed by atoms with Gasteiger partial charge in [0, 0.05) is 46.0 Å². The Morgan fingerprint density at radius 2 is 1.85 bits per heavy atom. The third-order valence-corrected chi connectivity index (χ3v) is 6.76. The molecule has 2 N–H and O–H groups in total. The second kappa shape index (κ2) is 10.5. The van der Waals surface area contributed by atoms with Gasteiger partial charge in [-0.25, -0.2) is 4.98 Å². The molecule has 4 aromatic heterocycles. The van der Waals surface area contributed by atoms with Gasteiger partial charge in [-0.3, -0.25) is 4.68 Å². The summed E-state index contributed by atoms with van der Waals surface area (Å²) in [5.41, 5.74) is 9.82. The van der Waals surface area contributed by atoms with Crippen LogP contribution in [0.25, 0.3) is 27.9 Å². The van der Waals surface area contributed by atoms with Gasteiger partial charge in [0.15, 0.2) is 6.20 Å². The van der Waals surface area contributed by atoms with E-state index in [9.17, 15) is 9.60 Å². The van der Waals surface area contributed by atoms with E-state index in [-0.39, 0.29) is 11.4 Å². The first kappa shape index (κ1) is 25.1. The van der Waals surface area contributed by atoms with E-state index >= 15 is 0 Å². The zero-order valence-corrected chi connectivity index (χ0v) is 21.6. The Balaban J connectivity index is 1.42. The molecule has 0 spiro atoms. The molecule has 40 heavy (non-hydrogen) atoms. The van der Waals surface area contributed by atoms with Crippen molar-refractivity contribution in [1.82, 2.24) is 35.0 Å². The van der Waals surface area contributed by atoms with E-state index in [0.29, 0.717) is 39.5 Å². The smallest absolute Gasteiger partial charge is 0.222 e. The number of hydrogen-bond acceptors (Lipinski definition) is 7. The van der Waals surface area contributed by atoms with Crippen LogP contribution >= 0.6 is 11.6 Å². The van der Waals surface area contributed by atoms with Crippen LogP contribution in [0, 0.1) is 11.2 Å². The van der Waals surface area contributed by atoms with Crippen molar-refractivity contribution in [2.75, 3.05) is 5.73 Å². The van der Waals surface area contributed by atoms with Crippen LogP contribution < -0.4 is 10.5 Å². The van der Waals surface area contributed by atoms with E-state index < -0.39 is 12.0 Å². The quantitative estimate of drug-likeness (QED) is 0.176. The number of rotatable bonds is 7. The molecule has 6 rings (SSSR count). The highest BCUT2D eigenvalue weighted by atomic mass is 35.5. The average Bonchev–Trinajstić information content (AvgIpc) is 3.66. The molecule has 0 bridgehead atoms. The lowest BCUT2D eigenvalue weighted by Gasteiger charge is -2.18. The highest BCUT2D eigenvalue weighted by Gasteiger charge is 2.25. The fourth-order valence-corrected chi connectivity index (χ4v) is 4.78. The van der Waals surface area contributed by atoms with Crippen LogP contribution in [0.1, 0.15) is 17.3 Å². The lowest BCUT2D eigenvalue weighted by atomic mass is 10.0. The van der Waals surface area contributed by atoms with Crippen molar-refractivity contribution in [1.29, 1.82) is 0 Å². The fraction of sp³-hybridized carbons (Fsp3) is 0.0714. The van der Waals surface area contributed by atoms with Crippen molar-refractivity contribution >= 4 is 17.4 Å². The molecule has 0 aliphatic carbocycles. The van der Waals surface area contributed by atoms with Crippen LogP contribution in [0.5, 0.6) is 0 Å². The minimum atomic E-state index is -0.692. The Hall–Kier alpha value is -5.16. The lowest BCUT2D eigenvalue weighted by Crippen LogP contribution is -2.36. The number of tetrazole rings is 1. The lowest BCUT2D eigenvalue weighted by molar-refractivity contribution is -0.615. The maximum absolute atomic E-state index is 14.5. The molecule has 198 valence electrons. The van der Waals surface area contributed by atoms with Crippen molar-refractivity contribution in [2.24, 2.45) is 0 Å². The number of halogens is 2. The number of pyridine rings is 2. The third-order valence-electron chi connectivity index (χ3n) is 6.53. The normalized spacial score (nSPS) is 11.9. The molecule has 0 saturated heterocycles. The van der Waals surface area contributed by atoms with Gasteiger partial charge in [-0.15, -0.1) is 5.10 Å². The summed E-state index contributed by atoms with van der Waals surface area (Å²) in [5, 5.41) is 30.0. The summed E-state index contributed by atoms with van der Waals surface area (Å²) in [6, 6.07) is 21.2. The Bertz CT molecular complexity index is 1790. The summed E-state index contributed by atoms with van der Waals surface area (Å²) in [7, 11) is 0. The first-order valence-electron chi connectivity index (χ1n) is 12.2. The number of anilines is 1. The van der Waals surface area contributed by atoms with Crippen molar-refractivity contribution < 1.29 is 9.12 Å². The van der Waals surface area contributed by atoms with Gasteiger partial charge >= 0.3 is 0 Å². The second-order valence-corrected chi connectivity index (χ2v) is 9.51. The number of aromatic nitrogens is 8. The Morgan fingerprint density at radius 1 is 1.00 bits per heavy atom. The highest BCUT2D eigenvalue weighted by molar-refractivity contribution is 6.31.